The van der Waals surface area contributed by atoms with Gasteiger partial charge in [0.25, 0.3) is 5.56 Å². The van der Waals surface area contributed by atoms with Crippen LogP contribution in [0.5, 0.6) is 0 Å². The number of fused-ring (bicyclic) bond motifs is 1. The number of rotatable bonds is 1. The van der Waals surface area contributed by atoms with Gasteiger partial charge in [0.2, 0.25) is 0 Å². The normalized spacial score (nSPS) is 11.2. The molecule has 20 heavy (non-hydrogen) atoms. The van der Waals surface area contributed by atoms with Crippen molar-refractivity contribution < 1.29 is 0 Å². The first kappa shape index (κ1) is 12.5. The first-order chi connectivity index (χ1) is 9.50. The zero-order valence-corrected chi connectivity index (χ0v) is 11.9. The van der Waals surface area contributed by atoms with Crippen molar-refractivity contribution in [1.29, 1.82) is 0 Å². The van der Waals surface area contributed by atoms with E-state index in [1.54, 1.807) is 6.20 Å². The highest BCUT2D eigenvalue weighted by Gasteiger charge is 2.17. The monoisotopic (exact) mass is 269 g/mol. The fourth-order valence-electron chi connectivity index (χ4n) is 2.77. The van der Waals surface area contributed by atoms with Gasteiger partial charge in [0, 0.05) is 28.4 Å². The Morgan fingerprint density at radius 3 is 2.00 bits per heavy atom. The molecule has 3 rings (SSSR count). The fourth-order valence-corrected chi connectivity index (χ4v) is 2.77. The van der Waals surface area contributed by atoms with E-state index in [0.717, 1.165) is 33.5 Å². The molecule has 6 nitrogen and oxygen atoms in total. The predicted octanol–water partition coefficient (Wildman–Crippen LogP) is 1.74. The molecule has 0 aliphatic carbocycles. The van der Waals surface area contributed by atoms with Crippen LogP contribution in [0.2, 0.25) is 0 Å². The highest BCUT2D eigenvalue weighted by atomic mass is 16.1. The zero-order valence-electron chi connectivity index (χ0n) is 11.9. The van der Waals surface area contributed by atoms with Crippen LogP contribution in [0.15, 0.2) is 17.2 Å². The Hall–Kier alpha value is -2.50. The van der Waals surface area contributed by atoms with Crippen LogP contribution in [-0.4, -0.2) is 24.7 Å². The molecule has 0 aliphatic heterocycles. The highest BCUT2D eigenvalue weighted by Crippen LogP contribution is 2.30. The molecule has 0 spiro atoms. The van der Waals surface area contributed by atoms with Crippen LogP contribution in [0, 0.1) is 27.7 Å². The van der Waals surface area contributed by atoms with Crippen molar-refractivity contribution >= 4 is 10.8 Å². The van der Waals surface area contributed by atoms with Gasteiger partial charge in [-0.15, -0.1) is 0 Å². The molecular weight excluding hydrogens is 254 g/mol. The number of H-pyrrole nitrogens is 1. The van der Waals surface area contributed by atoms with E-state index < -0.39 is 0 Å². The zero-order chi connectivity index (χ0) is 14.4. The van der Waals surface area contributed by atoms with Crippen LogP contribution in [-0.2, 0) is 0 Å². The molecule has 0 saturated heterocycles. The topological polar surface area (TPSA) is 76.5 Å². The lowest BCUT2D eigenvalue weighted by Gasteiger charge is -2.07. The third-order valence-corrected chi connectivity index (χ3v) is 3.60. The van der Waals surface area contributed by atoms with Crippen LogP contribution in [0.25, 0.3) is 16.6 Å². The number of hydrogen-bond acceptors (Lipinski definition) is 4. The largest absolute Gasteiger partial charge is 0.324 e. The molecule has 0 atom stereocenters. The number of aromatic amines is 1. The summed E-state index contributed by atoms with van der Waals surface area (Å²) in [6, 6.07) is 0. The van der Waals surface area contributed by atoms with Gasteiger partial charge in [-0.2, -0.15) is 10.2 Å². The molecule has 0 aromatic carbocycles. The SMILES string of the molecule is Cc1nnc(C)c2c(C)n(-c3c[nH]c(=O)cn3)c(C)c12. The maximum Gasteiger partial charge on any atom is 0.266 e. The van der Waals surface area contributed by atoms with Crippen LogP contribution in [0.3, 0.4) is 0 Å². The van der Waals surface area contributed by atoms with E-state index in [-0.39, 0.29) is 5.56 Å². The summed E-state index contributed by atoms with van der Waals surface area (Å²) < 4.78 is 2.02. The number of nitrogens with one attached hydrogen (secondary N) is 1. The summed E-state index contributed by atoms with van der Waals surface area (Å²) >= 11 is 0. The Kier molecular flexibility index (Phi) is 2.67. The number of hydrogen-bond donors (Lipinski definition) is 1. The molecular formula is C14H15N5O. The second-order valence-corrected chi connectivity index (χ2v) is 4.90. The van der Waals surface area contributed by atoms with Crippen LogP contribution < -0.4 is 5.56 Å². The van der Waals surface area contributed by atoms with Gasteiger partial charge < -0.3 is 9.55 Å². The van der Waals surface area contributed by atoms with E-state index in [2.05, 4.69) is 20.2 Å². The number of aromatic nitrogens is 5. The summed E-state index contributed by atoms with van der Waals surface area (Å²) in [6.07, 6.45) is 2.90. The molecule has 3 aromatic heterocycles. The van der Waals surface area contributed by atoms with Gasteiger partial charge in [-0.05, 0) is 27.7 Å². The maximum absolute atomic E-state index is 11.2. The molecule has 0 bridgehead atoms. The van der Waals surface area contributed by atoms with Gasteiger partial charge in [0.15, 0.2) is 5.82 Å². The van der Waals surface area contributed by atoms with E-state index in [1.165, 1.54) is 6.20 Å². The molecule has 0 saturated carbocycles. The summed E-state index contributed by atoms with van der Waals surface area (Å²) in [6.45, 7) is 7.95. The quantitative estimate of drug-likeness (QED) is 0.730. The Balaban J connectivity index is 2.43. The van der Waals surface area contributed by atoms with Crippen molar-refractivity contribution in [1.82, 2.24) is 24.7 Å². The first-order valence-electron chi connectivity index (χ1n) is 6.37. The van der Waals surface area contributed by atoms with Crippen LogP contribution >= 0.6 is 0 Å². The van der Waals surface area contributed by atoms with Crippen LogP contribution in [0.1, 0.15) is 22.8 Å². The van der Waals surface area contributed by atoms with E-state index in [1.807, 2.05) is 32.3 Å². The average Bonchev–Trinajstić information content (AvgIpc) is 2.69. The molecule has 0 fully saturated rings. The van der Waals surface area contributed by atoms with Crippen molar-refractivity contribution in [2.45, 2.75) is 27.7 Å². The molecule has 0 amide bonds. The van der Waals surface area contributed by atoms with Crippen molar-refractivity contribution in [2.75, 3.05) is 0 Å². The lowest BCUT2D eigenvalue weighted by atomic mass is 10.1. The van der Waals surface area contributed by atoms with Gasteiger partial charge in [-0.25, -0.2) is 4.98 Å². The number of nitrogens with zero attached hydrogens (tertiary/aromatic N) is 4. The fraction of sp³-hybridized carbons (Fsp3) is 0.286. The molecule has 0 radical (unpaired) electrons. The lowest BCUT2D eigenvalue weighted by molar-refractivity contribution is 0.907. The molecule has 1 N–H and O–H groups in total. The van der Waals surface area contributed by atoms with E-state index in [9.17, 15) is 4.79 Å². The summed E-state index contributed by atoms with van der Waals surface area (Å²) in [5, 5.41) is 10.6. The van der Waals surface area contributed by atoms with Gasteiger partial charge >= 0.3 is 0 Å². The average molecular weight is 269 g/mol. The minimum atomic E-state index is -0.212. The predicted molar refractivity (Wildman–Crippen MR) is 76.2 cm³/mol. The standard InChI is InChI=1S/C14H15N5O/c1-7-13-9(3)19(11-5-16-12(20)6-15-11)10(4)14(13)8(2)18-17-7/h5-6H,1-4H3,(H,16,20). The maximum atomic E-state index is 11.2. The minimum absolute atomic E-state index is 0.212. The molecule has 3 heterocycles. The van der Waals surface area contributed by atoms with Gasteiger partial charge in [-0.1, -0.05) is 0 Å². The van der Waals surface area contributed by atoms with E-state index >= 15 is 0 Å². The molecule has 6 heteroatoms. The van der Waals surface area contributed by atoms with Crippen molar-refractivity contribution in [2.24, 2.45) is 0 Å². The Morgan fingerprint density at radius 2 is 1.55 bits per heavy atom. The highest BCUT2D eigenvalue weighted by molar-refractivity contribution is 5.92. The summed E-state index contributed by atoms with van der Waals surface area (Å²) in [4.78, 5) is 18.0. The number of aryl methyl sites for hydroxylation is 4. The third kappa shape index (κ3) is 1.65. The second kappa shape index (κ2) is 4.26. The molecule has 102 valence electrons. The van der Waals surface area contributed by atoms with Crippen LogP contribution in [0.4, 0.5) is 0 Å². The summed E-state index contributed by atoms with van der Waals surface area (Å²) in [5.41, 5.74) is 3.68. The van der Waals surface area contributed by atoms with E-state index in [0.29, 0.717) is 5.82 Å². The van der Waals surface area contributed by atoms with Gasteiger partial charge in [0.1, 0.15) is 0 Å². The Bertz CT molecular complexity index is 810. The molecule has 3 aromatic rings. The summed E-state index contributed by atoms with van der Waals surface area (Å²) in [7, 11) is 0. The van der Waals surface area contributed by atoms with Crippen molar-refractivity contribution in [3.05, 3.63) is 45.5 Å². The smallest absolute Gasteiger partial charge is 0.266 e. The van der Waals surface area contributed by atoms with Crippen molar-refractivity contribution in [3.63, 3.8) is 0 Å². The summed E-state index contributed by atoms with van der Waals surface area (Å²) in [5.74, 6) is 0.689. The third-order valence-electron chi connectivity index (χ3n) is 3.60. The van der Waals surface area contributed by atoms with Gasteiger partial charge in [0.05, 0.1) is 17.6 Å². The first-order valence-corrected chi connectivity index (χ1v) is 6.37. The van der Waals surface area contributed by atoms with E-state index in [4.69, 9.17) is 0 Å². The molecule has 0 unspecified atom stereocenters. The Morgan fingerprint density at radius 1 is 1.00 bits per heavy atom. The minimum Gasteiger partial charge on any atom is -0.324 e. The Labute approximate surface area is 115 Å². The second-order valence-electron chi connectivity index (χ2n) is 4.90. The van der Waals surface area contributed by atoms with Crippen molar-refractivity contribution in [3.8, 4) is 5.82 Å². The van der Waals surface area contributed by atoms with Gasteiger partial charge in [-0.3, -0.25) is 4.79 Å². The lowest BCUT2D eigenvalue weighted by Crippen LogP contribution is -2.09. The molecule has 0 aliphatic rings.